The van der Waals surface area contributed by atoms with E-state index in [4.69, 9.17) is 4.74 Å². The molecule has 5 heteroatoms. The Morgan fingerprint density at radius 3 is 2.27 bits per heavy atom. The van der Waals surface area contributed by atoms with Crippen molar-refractivity contribution < 1.29 is 28.7 Å². The van der Waals surface area contributed by atoms with Crippen LogP contribution in [0.5, 0.6) is 0 Å². The van der Waals surface area contributed by atoms with Crippen LogP contribution in [0.2, 0.25) is 0 Å². The van der Waals surface area contributed by atoms with Crippen LogP contribution in [0, 0.1) is 0 Å². The first-order chi connectivity index (χ1) is 6.61. The van der Waals surface area contributed by atoms with Crippen molar-refractivity contribution in [3.05, 3.63) is 35.9 Å². The quantitative estimate of drug-likeness (QED) is 0.418. The van der Waals surface area contributed by atoms with Crippen LogP contribution < -0.4 is 24.0 Å². The first kappa shape index (κ1) is 15.7. The van der Waals surface area contributed by atoms with E-state index in [1.807, 2.05) is 18.2 Å². The van der Waals surface area contributed by atoms with Crippen LogP contribution in [0.15, 0.2) is 30.3 Å². The van der Waals surface area contributed by atoms with Crippen molar-refractivity contribution in [2.75, 3.05) is 6.61 Å². The van der Waals surface area contributed by atoms with Crippen LogP contribution in [-0.2, 0) is 10.5 Å². The van der Waals surface area contributed by atoms with E-state index in [-0.39, 0.29) is 18.9 Å². The van der Waals surface area contributed by atoms with Gasteiger partial charge in [-0.2, -0.15) is 0 Å². The average molecular weight is 330 g/mol. The van der Waals surface area contributed by atoms with Gasteiger partial charge in [0.1, 0.15) is 0 Å². The molecule has 0 spiro atoms. The molecule has 0 aliphatic carbocycles. The third kappa shape index (κ3) is 3.88. The van der Waals surface area contributed by atoms with Gasteiger partial charge in [-0.05, 0) is 12.5 Å². The summed E-state index contributed by atoms with van der Waals surface area (Å²) in [5.74, 6) is -1.57. The van der Waals surface area contributed by atoms with Gasteiger partial charge in [-0.3, -0.25) is 0 Å². The third-order valence-electron chi connectivity index (χ3n) is 1.82. The maximum atomic E-state index is 12.3. The van der Waals surface area contributed by atoms with Gasteiger partial charge in [0, 0.05) is 12.4 Å². The summed E-state index contributed by atoms with van der Waals surface area (Å²) in [6.45, 7) is 2.18. The van der Waals surface area contributed by atoms with E-state index in [0.29, 0.717) is 12.2 Å². The molecule has 1 aromatic carbocycles. The second-order valence-corrected chi connectivity index (χ2v) is 5.83. The fourth-order valence-corrected chi connectivity index (χ4v) is 1.95. The molecule has 1 atom stereocenters. The summed E-state index contributed by atoms with van der Waals surface area (Å²) in [5, 5.41) is 12.3. The van der Waals surface area contributed by atoms with Gasteiger partial charge >= 0.3 is 18.9 Å². The molecule has 0 saturated carbocycles. The number of benzene rings is 1. The zero-order valence-electron chi connectivity index (χ0n) is 8.74. The molecule has 0 aliphatic rings. The van der Waals surface area contributed by atoms with Crippen molar-refractivity contribution in [3.8, 4) is 0 Å². The van der Waals surface area contributed by atoms with Gasteiger partial charge in [0.15, 0.2) is 0 Å². The van der Waals surface area contributed by atoms with Crippen molar-refractivity contribution in [1.29, 1.82) is 0 Å². The van der Waals surface area contributed by atoms with Crippen molar-refractivity contribution >= 4 is 31.9 Å². The van der Waals surface area contributed by atoms with Crippen molar-refractivity contribution in [3.63, 3.8) is 0 Å². The van der Waals surface area contributed by atoms with Crippen LogP contribution in [0.1, 0.15) is 12.5 Å². The Kier molecular flexibility index (Phi) is 7.44. The fourth-order valence-electron chi connectivity index (χ4n) is 1.16. The minimum atomic E-state index is -1.57. The predicted octanol–water partition coefficient (Wildman–Crippen LogP) is -0.644. The number of hydrogen-bond acceptors (Lipinski definition) is 2. The Hall–Kier alpha value is 0.697. The Morgan fingerprint density at radius 2 is 1.87 bits per heavy atom. The predicted molar refractivity (Wildman–Crippen MR) is 61.4 cm³/mol. The summed E-state index contributed by atoms with van der Waals surface area (Å²) < 4.78 is 4.77. The van der Waals surface area contributed by atoms with E-state index in [1.165, 1.54) is 0 Å². The van der Waals surface area contributed by atoms with Crippen LogP contribution in [0.25, 0.3) is 0 Å². The minimum absolute atomic E-state index is 0. The van der Waals surface area contributed by atoms with E-state index in [2.05, 4.69) is 31.9 Å². The van der Waals surface area contributed by atoms with Crippen LogP contribution in [0.4, 0.5) is 0 Å². The van der Waals surface area contributed by atoms with E-state index in [0.717, 1.165) is 0 Å². The Balaban J connectivity index is 0.00000196. The summed E-state index contributed by atoms with van der Waals surface area (Å²) in [7, 11) is 0. The number of ether oxygens (including phenoxy) is 1. The first-order valence-corrected chi connectivity index (χ1v) is 6.12. The van der Waals surface area contributed by atoms with Crippen LogP contribution >= 0.6 is 31.9 Å². The Labute approximate surface area is 119 Å². The van der Waals surface area contributed by atoms with E-state index in [1.54, 1.807) is 19.1 Å². The van der Waals surface area contributed by atoms with Crippen LogP contribution in [0.3, 0.4) is 0 Å². The number of rotatable bonds is 4. The first-order valence-electron chi connectivity index (χ1n) is 4.29. The molecular weight excluding hydrogens is 319 g/mol. The Bertz CT molecular complexity index is 282. The molecule has 2 nitrogen and oxygen atoms in total. The summed E-state index contributed by atoms with van der Waals surface area (Å²) >= 11 is 6.43. The monoisotopic (exact) mass is 328 g/mol. The normalized spacial score (nSPS) is 14.5. The molecule has 1 aromatic rings. The molecule has 0 heterocycles. The molecule has 0 aliphatic heterocycles. The van der Waals surface area contributed by atoms with Crippen molar-refractivity contribution in [2.45, 2.75) is 16.4 Å². The summed E-state index contributed by atoms with van der Waals surface area (Å²) in [6.07, 6.45) is 0. The standard InChI is InChI=1S/C10H11Br2O2.Li/c1-2-14-10(13,9(11)12)8-6-4-3-5-7-8;/h3-7,9H,2H2,1H3;/q-1;+1. The molecule has 78 valence electrons. The molecule has 1 unspecified atom stereocenters. The fraction of sp³-hybridized carbons (Fsp3) is 0.400. The second-order valence-electron chi connectivity index (χ2n) is 2.77. The number of alkyl halides is 2. The van der Waals surface area contributed by atoms with Gasteiger partial charge in [-0.25, -0.2) is 0 Å². The topological polar surface area (TPSA) is 32.3 Å². The third-order valence-corrected chi connectivity index (χ3v) is 3.03. The van der Waals surface area contributed by atoms with Gasteiger partial charge in [-0.15, -0.1) is 0 Å². The van der Waals surface area contributed by atoms with E-state index in [9.17, 15) is 5.11 Å². The van der Waals surface area contributed by atoms with Gasteiger partial charge in [0.2, 0.25) is 0 Å². The molecule has 0 amide bonds. The molecule has 0 N–H and O–H groups in total. The maximum absolute atomic E-state index is 12.3. The van der Waals surface area contributed by atoms with Crippen molar-refractivity contribution in [1.82, 2.24) is 0 Å². The molecule has 15 heavy (non-hydrogen) atoms. The molecule has 0 aromatic heterocycles. The maximum Gasteiger partial charge on any atom is 1.00 e. The second kappa shape index (κ2) is 7.11. The molecule has 0 saturated heterocycles. The molecule has 1 rings (SSSR count). The largest absolute Gasteiger partial charge is 1.00 e. The van der Waals surface area contributed by atoms with E-state index >= 15 is 0 Å². The van der Waals surface area contributed by atoms with Gasteiger partial charge in [0.05, 0.1) is 3.74 Å². The van der Waals surface area contributed by atoms with Crippen LogP contribution in [-0.4, -0.2) is 10.3 Å². The molecular formula is C10H11Br2LiO2. The van der Waals surface area contributed by atoms with Gasteiger partial charge in [0.25, 0.3) is 0 Å². The number of hydrogen-bond donors (Lipinski definition) is 0. The van der Waals surface area contributed by atoms with Crippen molar-refractivity contribution in [2.24, 2.45) is 0 Å². The van der Waals surface area contributed by atoms with E-state index < -0.39 is 9.52 Å². The molecule has 0 radical (unpaired) electrons. The zero-order valence-corrected chi connectivity index (χ0v) is 11.9. The molecule has 0 fully saturated rings. The smallest absolute Gasteiger partial charge is 0.823 e. The van der Waals surface area contributed by atoms with Gasteiger partial charge in [-0.1, -0.05) is 62.2 Å². The zero-order chi connectivity index (χ0) is 10.6. The minimum Gasteiger partial charge on any atom is -0.823 e. The Morgan fingerprint density at radius 1 is 1.33 bits per heavy atom. The number of halogens is 2. The summed E-state index contributed by atoms with van der Waals surface area (Å²) in [4.78, 5) is 0. The SMILES string of the molecule is CCOC([O-])(c1ccccc1)C(Br)Br.[Li+]. The average Bonchev–Trinajstić information content (AvgIpc) is 2.19. The van der Waals surface area contributed by atoms with Gasteiger partial charge < -0.3 is 9.84 Å². The summed E-state index contributed by atoms with van der Waals surface area (Å²) in [6, 6.07) is 9.04. The molecule has 0 bridgehead atoms. The summed E-state index contributed by atoms with van der Waals surface area (Å²) in [5.41, 5.74) is 0.612.